The molecular weight excluding hydrogens is 484 g/mol. The van der Waals surface area contributed by atoms with Crippen LogP contribution >= 0.6 is 0 Å². The first-order chi connectivity index (χ1) is 18.3. The Kier molecular flexibility index (Phi) is 10.4. The van der Waals surface area contributed by atoms with Gasteiger partial charge in [0.15, 0.2) is 0 Å². The van der Waals surface area contributed by atoms with E-state index >= 15 is 0 Å². The van der Waals surface area contributed by atoms with Crippen molar-refractivity contribution >= 4 is 16.9 Å². The maximum Gasteiger partial charge on any atom is 0.303 e. The standard InChI is InChI=1S/C26H25NO3.C4H11NO3/c1-30-23-9-5-8-22(17-23)27-18-21(13-10-19-6-3-2-4-7-19)24-16-20(11-14-25(24)27)12-15-26(28)29;5-4(1-6,2-7)3-8/h2-9,11,14,16-18H,10,12-13,15H2,1H3,(H,28,29);6-8H,1-3,5H2. The summed E-state index contributed by atoms with van der Waals surface area (Å²) in [5.74, 6) is 0.0478. The van der Waals surface area contributed by atoms with Gasteiger partial charge >= 0.3 is 5.97 Å². The van der Waals surface area contributed by atoms with Gasteiger partial charge in [-0.2, -0.15) is 0 Å². The number of nitrogens with zero attached hydrogens (tertiary/aromatic N) is 1. The van der Waals surface area contributed by atoms with E-state index in [0.29, 0.717) is 6.42 Å². The summed E-state index contributed by atoms with van der Waals surface area (Å²) in [6, 6.07) is 24.8. The van der Waals surface area contributed by atoms with Gasteiger partial charge in [-0.05, 0) is 60.2 Å². The molecule has 8 nitrogen and oxygen atoms in total. The van der Waals surface area contributed by atoms with E-state index in [4.69, 9.17) is 30.9 Å². The topological polar surface area (TPSA) is 138 Å². The van der Waals surface area contributed by atoms with Crippen LogP contribution in [0.1, 0.15) is 23.1 Å². The lowest BCUT2D eigenvalue weighted by atomic mass is 10.0. The van der Waals surface area contributed by atoms with Crippen LogP contribution in [0.4, 0.5) is 0 Å². The molecule has 1 heterocycles. The number of fused-ring (bicyclic) bond motifs is 1. The van der Waals surface area contributed by atoms with Gasteiger partial charge in [0.05, 0.1) is 38.0 Å². The fourth-order valence-electron chi connectivity index (χ4n) is 4.00. The molecule has 0 aliphatic carbocycles. The molecule has 8 heteroatoms. The minimum absolute atomic E-state index is 0.140. The number of carbonyl (C=O) groups is 1. The summed E-state index contributed by atoms with van der Waals surface area (Å²) in [6.07, 6.45) is 4.75. The van der Waals surface area contributed by atoms with Crippen molar-refractivity contribution in [1.29, 1.82) is 0 Å². The van der Waals surface area contributed by atoms with E-state index in [1.807, 2.05) is 30.3 Å². The quantitative estimate of drug-likeness (QED) is 0.205. The monoisotopic (exact) mass is 520 g/mol. The van der Waals surface area contributed by atoms with E-state index in [9.17, 15) is 4.79 Å². The van der Waals surface area contributed by atoms with Gasteiger partial charge in [-0.1, -0.05) is 42.5 Å². The van der Waals surface area contributed by atoms with Crippen LogP contribution < -0.4 is 10.5 Å². The number of aliphatic hydroxyl groups is 3. The Hall–Kier alpha value is -3.69. The molecule has 4 rings (SSSR count). The van der Waals surface area contributed by atoms with Crippen molar-refractivity contribution in [3.63, 3.8) is 0 Å². The number of nitrogens with two attached hydrogens (primary N) is 1. The van der Waals surface area contributed by atoms with Gasteiger partial charge in [0.2, 0.25) is 0 Å². The van der Waals surface area contributed by atoms with E-state index in [2.05, 4.69) is 53.2 Å². The SMILES string of the molecule is COc1cccc(-n2cc(CCc3ccccc3)c3cc(CCC(=O)O)ccc32)c1.NC(CO)(CO)CO. The van der Waals surface area contributed by atoms with Crippen molar-refractivity contribution in [3.8, 4) is 11.4 Å². The van der Waals surface area contributed by atoms with Crippen molar-refractivity contribution in [3.05, 3.63) is 95.7 Å². The van der Waals surface area contributed by atoms with Gasteiger partial charge in [-0.25, -0.2) is 0 Å². The predicted molar refractivity (Wildman–Crippen MR) is 148 cm³/mol. The van der Waals surface area contributed by atoms with Crippen molar-refractivity contribution in [2.24, 2.45) is 5.73 Å². The van der Waals surface area contributed by atoms with E-state index in [-0.39, 0.29) is 6.42 Å². The summed E-state index contributed by atoms with van der Waals surface area (Å²) >= 11 is 0. The summed E-state index contributed by atoms with van der Waals surface area (Å²) in [5, 5.41) is 35.2. The second-order valence-electron chi connectivity index (χ2n) is 9.29. The van der Waals surface area contributed by atoms with Crippen molar-refractivity contribution < 1.29 is 30.0 Å². The molecule has 0 spiro atoms. The molecule has 0 aliphatic rings. The molecule has 6 N–H and O–H groups in total. The average Bonchev–Trinajstić information content (AvgIpc) is 3.33. The summed E-state index contributed by atoms with van der Waals surface area (Å²) in [7, 11) is 1.67. The van der Waals surface area contributed by atoms with Gasteiger partial charge in [0.1, 0.15) is 5.75 Å². The molecule has 0 saturated carbocycles. The van der Waals surface area contributed by atoms with Gasteiger partial charge < -0.3 is 35.5 Å². The Bertz CT molecular complexity index is 1310. The highest BCUT2D eigenvalue weighted by Crippen LogP contribution is 2.29. The zero-order valence-electron chi connectivity index (χ0n) is 21.6. The highest BCUT2D eigenvalue weighted by Gasteiger charge is 2.20. The second-order valence-corrected chi connectivity index (χ2v) is 9.29. The Morgan fingerprint density at radius 3 is 2.18 bits per heavy atom. The number of aryl methyl sites for hydroxylation is 3. The third-order valence-corrected chi connectivity index (χ3v) is 6.38. The zero-order valence-corrected chi connectivity index (χ0v) is 21.6. The number of hydrogen-bond donors (Lipinski definition) is 5. The summed E-state index contributed by atoms with van der Waals surface area (Å²) in [4.78, 5) is 11.0. The molecule has 3 aromatic carbocycles. The first kappa shape index (κ1) is 28.9. The minimum atomic E-state index is -1.21. The maximum atomic E-state index is 11.0. The summed E-state index contributed by atoms with van der Waals surface area (Å²) in [6.45, 7) is -1.21. The molecule has 0 radical (unpaired) electrons. The molecule has 4 aromatic rings. The molecule has 38 heavy (non-hydrogen) atoms. The van der Waals surface area contributed by atoms with Crippen molar-refractivity contribution in [2.45, 2.75) is 31.2 Å². The first-order valence-electron chi connectivity index (χ1n) is 12.5. The van der Waals surface area contributed by atoms with Crippen molar-refractivity contribution in [2.75, 3.05) is 26.9 Å². The molecule has 1 aromatic heterocycles. The molecule has 0 unspecified atom stereocenters. The average molecular weight is 521 g/mol. The normalized spacial score (nSPS) is 11.2. The number of aromatic nitrogens is 1. The number of carboxylic acids is 1. The summed E-state index contributed by atoms with van der Waals surface area (Å²) in [5.41, 5.74) is 9.71. The second kappa shape index (κ2) is 13.7. The first-order valence-corrected chi connectivity index (χ1v) is 12.5. The molecule has 0 aliphatic heterocycles. The molecule has 0 saturated heterocycles. The number of aliphatic hydroxyl groups excluding tert-OH is 3. The number of aliphatic carboxylic acids is 1. The van der Waals surface area contributed by atoms with Crippen LogP contribution in [-0.4, -0.2) is 63.4 Å². The van der Waals surface area contributed by atoms with Gasteiger partial charge in [-0.15, -0.1) is 0 Å². The number of benzene rings is 3. The highest BCUT2D eigenvalue weighted by molar-refractivity contribution is 5.86. The minimum Gasteiger partial charge on any atom is -0.497 e. The van der Waals surface area contributed by atoms with Gasteiger partial charge in [0, 0.05) is 29.8 Å². The number of methoxy groups -OCH3 is 1. The van der Waals surface area contributed by atoms with Crippen LogP contribution in [0.5, 0.6) is 5.75 Å². The molecule has 0 bridgehead atoms. The van der Waals surface area contributed by atoms with Crippen LogP contribution in [0.3, 0.4) is 0 Å². The molecular formula is C30H36N2O6. The zero-order chi connectivity index (χ0) is 27.5. The van der Waals surface area contributed by atoms with Crippen LogP contribution in [0, 0.1) is 0 Å². The predicted octanol–water partition coefficient (Wildman–Crippen LogP) is 3.10. The smallest absolute Gasteiger partial charge is 0.303 e. The Morgan fingerprint density at radius 2 is 1.58 bits per heavy atom. The van der Waals surface area contributed by atoms with Gasteiger partial charge in [0.25, 0.3) is 0 Å². The van der Waals surface area contributed by atoms with Crippen LogP contribution in [-0.2, 0) is 24.1 Å². The fraction of sp³-hybridized carbons (Fsp3) is 0.300. The van der Waals surface area contributed by atoms with E-state index in [0.717, 1.165) is 35.4 Å². The van der Waals surface area contributed by atoms with Crippen LogP contribution in [0.25, 0.3) is 16.6 Å². The largest absolute Gasteiger partial charge is 0.497 e. The van der Waals surface area contributed by atoms with Crippen LogP contribution in [0.2, 0.25) is 0 Å². The fourth-order valence-corrected chi connectivity index (χ4v) is 4.00. The lowest BCUT2D eigenvalue weighted by molar-refractivity contribution is -0.136. The number of rotatable bonds is 11. The summed E-state index contributed by atoms with van der Waals surface area (Å²) < 4.78 is 7.60. The van der Waals surface area contributed by atoms with Gasteiger partial charge in [-0.3, -0.25) is 4.79 Å². The highest BCUT2D eigenvalue weighted by atomic mass is 16.5. The number of hydrogen-bond acceptors (Lipinski definition) is 6. The lowest BCUT2D eigenvalue weighted by Crippen LogP contribution is -2.50. The third kappa shape index (κ3) is 7.66. The Labute approximate surface area is 222 Å². The Morgan fingerprint density at radius 1 is 0.868 bits per heavy atom. The number of carboxylic acid groups (broad SMARTS) is 1. The third-order valence-electron chi connectivity index (χ3n) is 6.38. The Balaban J connectivity index is 0.000000436. The van der Waals surface area contributed by atoms with E-state index in [1.54, 1.807) is 7.11 Å². The maximum absolute atomic E-state index is 11.0. The molecule has 0 amide bonds. The van der Waals surface area contributed by atoms with E-state index < -0.39 is 31.3 Å². The van der Waals surface area contributed by atoms with Crippen molar-refractivity contribution in [1.82, 2.24) is 4.57 Å². The lowest BCUT2D eigenvalue weighted by Gasteiger charge is -2.20. The molecule has 0 atom stereocenters. The van der Waals surface area contributed by atoms with E-state index in [1.165, 1.54) is 16.5 Å². The number of ether oxygens (including phenoxy) is 1. The van der Waals surface area contributed by atoms with Crippen LogP contribution in [0.15, 0.2) is 79.0 Å². The molecule has 0 fully saturated rings. The molecule has 202 valence electrons.